The van der Waals surface area contributed by atoms with Gasteiger partial charge in [-0.3, -0.25) is 8.74 Å². The molecule has 0 aliphatic heterocycles. The molecule has 0 aliphatic carbocycles. The Morgan fingerprint density at radius 2 is 2.00 bits per heavy atom. The monoisotopic (exact) mass is 218 g/mol. The Labute approximate surface area is 82.4 Å². The van der Waals surface area contributed by atoms with Gasteiger partial charge in [0.2, 0.25) is 0 Å². The highest BCUT2D eigenvalue weighted by atomic mass is 32.9. The largest absolute Gasteiger partial charge is 0.285 e. The maximum absolute atomic E-state index is 10.6. The highest BCUT2D eigenvalue weighted by molar-refractivity contribution is 8.27. The normalized spacial score (nSPS) is 15.2. The summed E-state index contributed by atoms with van der Waals surface area (Å²) in [6, 6.07) is 7.47. The minimum Gasteiger partial charge on any atom is -0.285 e. The van der Waals surface area contributed by atoms with Crippen LogP contribution in [0.25, 0.3) is 0 Å². The smallest absolute Gasteiger partial charge is 0.266 e. The zero-order chi connectivity index (χ0) is 9.90. The first-order valence-electron chi connectivity index (χ1n) is 3.65. The van der Waals surface area contributed by atoms with Gasteiger partial charge in [0.1, 0.15) is 0 Å². The van der Waals surface area contributed by atoms with Crippen LogP contribution in [0.15, 0.2) is 24.3 Å². The molecule has 1 atom stereocenters. The van der Waals surface area contributed by atoms with E-state index in [2.05, 4.69) is 15.4 Å². The lowest BCUT2D eigenvalue weighted by Crippen LogP contribution is -2.01. The molecule has 0 saturated carbocycles. The van der Waals surface area contributed by atoms with Crippen LogP contribution in [0.2, 0.25) is 0 Å². The molecule has 13 heavy (non-hydrogen) atoms. The summed E-state index contributed by atoms with van der Waals surface area (Å²) < 4.78 is 23.8. The number of benzene rings is 1. The molecule has 1 N–H and O–H groups in total. The van der Waals surface area contributed by atoms with Crippen LogP contribution in [0.3, 0.4) is 0 Å². The van der Waals surface area contributed by atoms with Crippen LogP contribution >= 0.6 is 0 Å². The summed E-state index contributed by atoms with van der Waals surface area (Å²) >= 11 is 4.17. The minimum absolute atomic E-state index is 0.0686. The third-order valence-corrected chi connectivity index (χ3v) is 2.20. The Morgan fingerprint density at radius 1 is 1.46 bits per heavy atom. The predicted molar refractivity (Wildman–Crippen MR) is 54.1 cm³/mol. The van der Waals surface area contributed by atoms with Crippen molar-refractivity contribution in [2.24, 2.45) is 0 Å². The molecule has 1 unspecified atom stereocenters. The van der Waals surface area contributed by atoms with Crippen molar-refractivity contribution in [3.8, 4) is 0 Å². The van der Waals surface area contributed by atoms with Crippen LogP contribution in [0, 0.1) is 6.92 Å². The summed E-state index contributed by atoms with van der Waals surface area (Å²) in [7, 11) is -3.50. The molecule has 1 aromatic rings. The molecule has 72 valence electrons. The second-order valence-electron chi connectivity index (χ2n) is 2.68. The lowest BCUT2D eigenvalue weighted by atomic mass is 10.2. The number of hydrogen-bond acceptors (Lipinski definition) is 3. The molecule has 1 aromatic carbocycles. The molecule has 0 aromatic heterocycles. The highest BCUT2D eigenvalue weighted by Gasteiger charge is 2.00. The minimum atomic E-state index is -3.50. The van der Waals surface area contributed by atoms with Crippen molar-refractivity contribution in [1.29, 1.82) is 0 Å². The standard InChI is InChI=1S/C8H10O3S2/c1-7-2-4-8(5-3-7)6-11-13(9,10)12/h2-5H,6H2,1H3,(H,9,10,12). The van der Waals surface area contributed by atoms with E-state index < -0.39 is 9.05 Å². The van der Waals surface area contributed by atoms with Gasteiger partial charge in [-0.05, 0) is 12.5 Å². The van der Waals surface area contributed by atoms with Gasteiger partial charge in [-0.2, -0.15) is 4.21 Å². The van der Waals surface area contributed by atoms with Gasteiger partial charge < -0.3 is 0 Å². The van der Waals surface area contributed by atoms with Gasteiger partial charge in [0.15, 0.2) is 0 Å². The van der Waals surface area contributed by atoms with E-state index in [1.807, 2.05) is 31.2 Å². The van der Waals surface area contributed by atoms with Crippen molar-refractivity contribution in [1.82, 2.24) is 0 Å². The first-order chi connectivity index (χ1) is 5.97. The van der Waals surface area contributed by atoms with Crippen LogP contribution in [0.4, 0.5) is 0 Å². The van der Waals surface area contributed by atoms with E-state index in [1.165, 1.54) is 0 Å². The van der Waals surface area contributed by atoms with Gasteiger partial charge in [-0.15, -0.1) is 0 Å². The van der Waals surface area contributed by atoms with Crippen molar-refractivity contribution in [3.63, 3.8) is 0 Å². The van der Waals surface area contributed by atoms with E-state index in [9.17, 15) is 4.21 Å². The van der Waals surface area contributed by atoms with Crippen LogP contribution in [0.1, 0.15) is 11.1 Å². The second-order valence-corrected chi connectivity index (χ2v) is 5.03. The summed E-state index contributed by atoms with van der Waals surface area (Å²) in [5.74, 6) is 0. The zero-order valence-corrected chi connectivity index (χ0v) is 8.73. The molecule has 0 radical (unpaired) electrons. The van der Waals surface area contributed by atoms with Crippen molar-refractivity contribution in [2.45, 2.75) is 13.5 Å². The first-order valence-corrected chi connectivity index (χ1v) is 6.01. The highest BCUT2D eigenvalue weighted by Crippen LogP contribution is 2.05. The summed E-state index contributed by atoms with van der Waals surface area (Å²) in [6.07, 6.45) is 0. The van der Waals surface area contributed by atoms with E-state index in [4.69, 9.17) is 4.55 Å². The van der Waals surface area contributed by atoms with Gasteiger partial charge in [0.05, 0.1) is 6.61 Å². The Bertz CT molecular complexity index is 367. The molecule has 0 heterocycles. The lowest BCUT2D eigenvalue weighted by Gasteiger charge is -2.02. The van der Waals surface area contributed by atoms with E-state index in [-0.39, 0.29) is 6.61 Å². The quantitative estimate of drug-likeness (QED) is 0.838. The molecule has 3 nitrogen and oxygen atoms in total. The van der Waals surface area contributed by atoms with Gasteiger partial charge >= 0.3 is 0 Å². The topological polar surface area (TPSA) is 46.5 Å². The Kier molecular flexibility index (Phi) is 3.38. The van der Waals surface area contributed by atoms with E-state index in [0.29, 0.717) is 0 Å². The molecule has 0 bridgehead atoms. The zero-order valence-electron chi connectivity index (χ0n) is 7.10. The fourth-order valence-electron chi connectivity index (χ4n) is 0.827. The molecule has 0 amide bonds. The van der Waals surface area contributed by atoms with Gasteiger partial charge in [0.25, 0.3) is 9.05 Å². The maximum Gasteiger partial charge on any atom is 0.266 e. The number of aryl methyl sites for hydroxylation is 1. The maximum atomic E-state index is 10.6. The molecule has 0 fully saturated rings. The molecular weight excluding hydrogens is 208 g/mol. The lowest BCUT2D eigenvalue weighted by molar-refractivity contribution is 0.295. The summed E-state index contributed by atoms with van der Waals surface area (Å²) in [6.45, 7) is 2.03. The fraction of sp³-hybridized carbons (Fsp3) is 0.250. The summed E-state index contributed by atoms with van der Waals surface area (Å²) in [4.78, 5) is 0. The van der Waals surface area contributed by atoms with Crippen LogP contribution in [-0.4, -0.2) is 8.76 Å². The Hall–Kier alpha value is -0.490. The Morgan fingerprint density at radius 3 is 2.46 bits per heavy atom. The third-order valence-electron chi connectivity index (χ3n) is 1.50. The van der Waals surface area contributed by atoms with Gasteiger partial charge in [0, 0.05) is 11.2 Å². The van der Waals surface area contributed by atoms with E-state index in [1.54, 1.807) is 0 Å². The number of hydrogen-bond donors (Lipinski definition) is 1. The predicted octanol–water partition coefficient (Wildman–Crippen LogP) is 1.65. The second kappa shape index (κ2) is 4.15. The average Bonchev–Trinajstić information content (AvgIpc) is 2.02. The van der Waals surface area contributed by atoms with Crippen molar-refractivity contribution < 1.29 is 12.9 Å². The molecule has 0 spiro atoms. The van der Waals surface area contributed by atoms with Crippen LogP contribution in [-0.2, 0) is 31.0 Å². The van der Waals surface area contributed by atoms with Gasteiger partial charge in [-0.1, -0.05) is 29.8 Å². The SMILES string of the molecule is Cc1ccc(COS(=O)(O)=S)cc1. The average molecular weight is 218 g/mol. The van der Waals surface area contributed by atoms with Crippen molar-refractivity contribution >= 4 is 20.2 Å². The Balaban J connectivity index is 2.61. The van der Waals surface area contributed by atoms with Crippen LogP contribution < -0.4 is 0 Å². The molecule has 0 aliphatic rings. The molecule has 0 saturated heterocycles. The van der Waals surface area contributed by atoms with Crippen molar-refractivity contribution in [3.05, 3.63) is 35.4 Å². The van der Waals surface area contributed by atoms with E-state index >= 15 is 0 Å². The van der Waals surface area contributed by atoms with Crippen molar-refractivity contribution in [2.75, 3.05) is 0 Å². The molecule has 1 rings (SSSR count). The molecular formula is C8H10O3S2. The number of rotatable bonds is 3. The van der Waals surface area contributed by atoms with E-state index in [0.717, 1.165) is 11.1 Å². The first kappa shape index (κ1) is 10.6. The summed E-state index contributed by atoms with van der Waals surface area (Å²) in [5.41, 5.74) is 1.96. The van der Waals surface area contributed by atoms with Crippen LogP contribution in [0.5, 0.6) is 0 Å². The van der Waals surface area contributed by atoms with Gasteiger partial charge in [-0.25, -0.2) is 0 Å². The summed E-state index contributed by atoms with van der Waals surface area (Å²) in [5, 5.41) is 0. The third kappa shape index (κ3) is 4.33. The fourth-order valence-corrected chi connectivity index (χ4v) is 1.26. The molecule has 5 heteroatoms.